The number of hydrogen-bond acceptors (Lipinski definition) is 5. The molecule has 0 atom stereocenters. The van der Waals surface area contributed by atoms with Gasteiger partial charge in [0.15, 0.2) is 0 Å². The second kappa shape index (κ2) is 7.53. The number of hydrogen-bond donors (Lipinski definition) is 1. The third-order valence-corrected chi connectivity index (χ3v) is 2.57. The van der Waals surface area contributed by atoms with E-state index < -0.39 is 0 Å². The maximum atomic E-state index is 5.45. The van der Waals surface area contributed by atoms with Crippen LogP contribution >= 0.6 is 0 Å². The quantitative estimate of drug-likeness (QED) is 0.738. The summed E-state index contributed by atoms with van der Waals surface area (Å²) in [5.74, 6) is 0. The van der Waals surface area contributed by atoms with E-state index in [0.717, 1.165) is 30.8 Å². The Balaban J connectivity index is 1.71. The number of nitrogens with zero attached hydrogens (tertiary/aromatic N) is 2. The van der Waals surface area contributed by atoms with Crippen LogP contribution in [0.15, 0.2) is 35.1 Å². The molecule has 0 aliphatic carbocycles. The first-order valence-electron chi connectivity index (χ1n) is 6.56. The van der Waals surface area contributed by atoms with Crippen molar-refractivity contribution in [2.75, 3.05) is 13.2 Å². The summed E-state index contributed by atoms with van der Waals surface area (Å²) in [6.45, 7) is 4.32. The van der Waals surface area contributed by atoms with Gasteiger partial charge >= 0.3 is 6.08 Å². The van der Waals surface area contributed by atoms with Crippen LogP contribution in [0.2, 0.25) is 0 Å². The molecule has 0 unspecified atom stereocenters. The molecule has 2 rings (SSSR count). The minimum Gasteiger partial charge on any atom is -0.450 e. The molecule has 0 aliphatic rings. The summed E-state index contributed by atoms with van der Waals surface area (Å²) in [7, 11) is 0. The van der Waals surface area contributed by atoms with E-state index in [1.54, 1.807) is 12.5 Å². The predicted octanol–water partition coefficient (Wildman–Crippen LogP) is 2.19. The Kier molecular flexibility index (Phi) is 5.37. The molecule has 0 aromatic carbocycles. The van der Waals surface area contributed by atoms with Crippen molar-refractivity contribution in [3.05, 3.63) is 42.0 Å². The van der Waals surface area contributed by atoms with E-state index >= 15 is 0 Å². The van der Waals surface area contributed by atoms with E-state index in [2.05, 4.69) is 22.2 Å². The molecule has 2 aromatic heterocycles. The monoisotopic (exact) mass is 261 g/mol. The zero-order valence-electron chi connectivity index (χ0n) is 11.1. The van der Waals surface area contributed by atoms with Crippen molar-refractivity contribution >= 4 is 0 Å². The van der Waals surface area contributed by atoms with Gasteiger partial charge < -0.3 is 14.5 Å². The lowest BCUT2D eigenvalue weighted by Gasteiger charge is -2.00. The Bertz CT molecular complexity index is 471. The van der Waals surface area contributed by atoms with Crippen LogP contribution in [0.25, 0.3) is 0 Å². The van der Waals surface area contributed by atoms with Crippen LogP contribution in [-0.4, -0.2) is 23.1 Å². The van der Waals surface area contributed by atoms with Gasteiger partial charge in [-0.3, -0.25) is 4.98 Å². The number of ether oxygens (including phenoxy) is 1. The molecule has 1 N–H and O–H groups in total. The molecule has 2 heterocycles. The zero-order chi connectivity index (χ0) is 13.3. The van der Waals surface area contributed by atoms with Crippen LogP contribution in [0.3, 0.4) is 0 Å². The van der Waals surface area contributed by atoms with E-state index in [9.17, 15) is 0 Å². The maximum Gasteiger partial charge on any atom is 0.393 e. The van der Waals surface area contributed by atoms with Crippen LogP contribution in [0.5, 0.6) is 6.08 Å². The summed E-state index contributed by atoms with van der Waals surface area (Å²) < 4.78 is 10.7. The van der Waals surface area contributed by atoms with Crippen LogP contribution in [-0.2, 0) is 13.0 Å². The molecule has 19 heavy (non-hydrogen) atoms. The highest BCUT2D eigenvalue weighted by atomic mass is 16.6. The normalized spacial score (nSPS) is 10.6. The predicted molar refractivity (Wildman–Crippen MR) is 71.9 cm³/mol. The molecule has 0 amide bonds. The van der Waals surface area contributed by atoms with Gasteiger partial charge in [-0.15, -0.1) is 0 Å². The summed E-state index contributed by atoms with van der Waals surface area (Å²) >= 11 is 0. The Morgan fingerprint density at radius 2 is 2.26 bits per heavy atom. The fourth-order valence-electron chi connectivity index (χ4n) is 1.62. The van der Waals surface area contributed by atoms with E-state index in [1.807, 2.05) is 18.2 Å². The number of oxazole rings is 1. The number of rotatable bonds is 8. The topological polar surface area (TPSA) is 60.2 Å². The van der Waals surface area contributed by atoms with Gasteiger partial charge in [-0.25, -0.2) is 0 Å². The smallest absolute Gasteiger partial charge is 0.393 e. The van der Waals surface area contributed by atoms with Crippen LogP contribution in [0, 0.1) is 0 Å². The molecule has 0 aliphatic heterocycles. The standard InChI is InChI=1S/C14H19N3O2/c1-2-7-15-10-13-11-19-14(17-13)18-9-6-12-5-3-4-8-16-12/h3-5,8,11,15H,2,6-7,9-10H2,1H3. The summed E-state index contributed by atoms with van der Waals surface area (Å²) in [4.78, 5) is 8.47. The van der Waals surface area contributed by atoms with Gasteiger partial charge in [-0.2, -0.15) is 4.98 Å². The van der Waals surface area contributed by atoms with Crippen molar-refractivity contribution in [2.45, 2.75) is 26.3 Å². The molecule has 5 nitrogen and oxygen atoms in total. The highest BCUT2D eigenvalue weighted by molar-refractivity contribution is 5.04. The number of pyridine rings is 1. The minimum absolute atomic E-state index is 0.323. The average molecular weight is 261 g/mol. The highest BCUT2D eigenvalue weighted by Crippen LogP contribution is 2.10. The molecular formula is C14H19N3O2. The van der Waals surface area contributed by atoms with E-state index in [-0.39, 0.29) is 0 Å². The second-order valence-electron chi connectivity index (χ2n) is 4.20. The summed E-state index contributed by atoms with van der Waals surface area (Å²) in [6.07, 6.45) is 5.57. The lowest BCUT2D eigenvalue weighted by atomic mass is 10.3. The first-order chi connectivity index (χ1) is 9.38. The van der Waals surface area contributed by atoms with E-state index in [4.69, 9.17) is 9.15 Å². The second-order valence-corrected chi connectivity index (χ2v) is 4.20. The number of aromatic nitrogens is 2. The van der Waals surface area contributed by atoms with Crippen LogP contribution < -0.4 is 10.1 Å². The van der Waals surface area contributed by atoms with Gasteiger partial charge in [-0.1, -0.05) is 13.0 Å². The van der Waals surface area contributed by atoms with Gasteiger partial charge in [-0.05, 0) is 25.1 Å². The van der Waals surface area contributed by atoms with Gasteiger partial charge in [0.1, 0.15) is 6.26 Å². The first kappa shape index (κ1) is 13.5. The van der Waals surface area contributed by atoms with Gasteiger partial charge in [0.25, 0.3) is 0 Å². The van der Waals surface area contributed by atoms with E-state index in [0.29, 0.717) is 19.2 Å². The third-order valence-electron chi connectivity index (χ3n) is 2.57. The Hall–Kier alpha value is -1.88. The van der Waals surface area contributed by atoms with Gasteiger partial charge in [0.05, 0.1) is 12.3 Å². The fraction of sp³-hybridized carbons (Fsp3) is 0.429. The van der Waals surface area contributed by atoms with Crippen molar-refractivity contribution in [1.82, 2.24) is 15.3 Å². The fourth-order valence-corrected chi connectivity index (χ4v) is 1.62. The lowest BCUT2D eigenvalue weighted by molar-refractivity contribution is 0.232. The van der Waals surface area contributed by atoms with Gasteiger partial charge in [0, 0.05) is 24.9 Å². The molecule has 102 valence electrons. The maximum absolute atomic E-state index is 5.45. The minimum atomic E-state index is 0.323. The molecule has 0 fully saturated rings. The van der Waals surface area contributed by atoms with Crippen molar-refractivity contribution in [1.29, 1.82) is 0 Å². The van der Waals surface area contributed by atoms with Gasteiger partial charge in [0.2, 0.25) is 0 Å². The van der Waals surface area contributed by atoms with Crippen LogP contribution in [0.1, 0.15) is 24.7 Å². The zero-order valence-corrected chi connectivity index (χ0v) is 11.1. The third kappa shape index (κ3) is 4.71. The SMILES string of the molecule is CCCNCc1coc(OCCc2ccccn2)n1. The Morgan fingerprint density at radius 3 is 3.05 bits per heavy atom. The van der Waals surface area contributed by atoms with Crippen molar-refractivity contribution < 1.29 is 9.15 Å². The molecule has 5 heteroatoms. The average Bonchev–Trinajstić information content (AvgIpc) is 2.88. The Morgan fingerprint density at radius 1 is 1.32 bits per heavy atom. The van der Waals surface area contributed by atoms with Crippen LogP contribution in [0.4, 0.5) is 0 Å². The lowest BCUT2D eigenvalue weighted by Crippen LogP contribution is -2.13. The largest absolute Gasteiger partial charge is 0.450 e. The van der Waals surface area contributed by atoms with Crippen molar-refractivity contribution in [2.24, 2.45) is 0 Å². The molecule has 0 saturated heterocycles. The van der Waals surface area contributed by atoms with Crippen molar-refractivity contribution in [3.8, 4) is 6.08 Å². The molecule has 0 bridgehead atoms. The summed E-state index contributed by atoms with van der Waals surface area (Å²) in [5, 5.41) is 3.26. The van der Waals surface area contributed by atoms with E-state index in [1.165, 1.54) is 0 Å². The molecule has 0 spiro atoms. The molecule has 0 saturated carbocycles. The van der Waals surface area contributed by atoms with Crippen molar-refractivity contribution in [3.63, 3.8) is 0 Å². The molecule has 0 radical (unpaired) electrons. The summed E-state index contributed by atoms with van der Waals surface area (Å²) in [6, 6.07) is 5.83. The summed E-state index contributed by atoms with van der Waals surface area (Å²) in [5.41, 5.74) is 1.86. The number of nitrogens with one attached hydrogen (secondary N) is 1. The Labute approximate surface area is 113 Å². The molecule has 2 aromatic rings. The highest BCUT2D eigenvalue weighted by Gasteiger charge is 2.04. The molecular weight excluding hydrogens is 242 g/mol. The first-order valence-corrected chi connectivity index (χ1v) is 6.56.